The fourth-order valence-corrected chi connectivity index (χ4v) is 3.13. The number of thiophene rings is 1. The van der Waals surface area contributed by atoms with Crippen molar-refractivity contribution in [2.45, 2.75) is 0 Å². The van der Waals surface area contributed by atoms with E-state index in [-0.39, 0.29) is 0 Å². The summed E-state index contributed by atoms with van der Waals surface area (Å²) < 4.78 is 5.99. The smallest absolute Gasteiger partial charge is 0.118 e. The van der Waals surface area contributed by atoms with Crippen molar-refractivity contribution in [1.82, 2.24) is 0 Å². The lowest BCUT2D eigenvalue weighted by molar-refractivity contribution is 0.415. The van der Waals surface area contributed by atoms with E-state index in [1.54, 1.807) is 18.4 Å². The Morgan fingerprint density at radius 1 is 0.750 bits per heavy atom. The molecule has 0 saturated heterocycles. The van der Waals surface area contributed by atoms with Crippen LogP contribution in [-0.2, 0) is 0 Å². The first kappa shape index (κ1) is 13.2. The van der Waals surface area contributed by atoms with Crippen LogP contribution in [0.5, 0.6) is 5.75 Å². The average molecular weight is 301 g/mol. The zero-order valence-electron chi connectivity index (χ0n) is 11.0. The van der Waals surface area contributed by atoms with Crippen LogP contribution in [0.1, 0.15) is 0 Å². The third-order valence-corrected chi connectivity index (χ3v) is 4.45. The Balaban J connectivity index is 1.88. The van der Waals surface area contributed by atoms with E-state index < -0.39 is 0 Å². The minimum Gasteiger partial charge on any atom is -0.497 e. The predicted octanol–water partition coefficient (Wildman–Crippen LogP) is 5.74. The quantitative estimate of drug-likeness (QED) is 0.599. The number of rotatable bonds is 3. The molecule has 0 aliphatic heterocycles. The highest BCUT2D eigenvalue weighted by Gasteiger charge is 2.03. The minimum absolute atomic E-state index is 0.819. The van der Waals surface area contributed by atoms with Crippen LogP contribution in [0.3, 0.4) is 0 Å². The zero-order chi connectivity index (χ0) is 13.9. The number of methoxy groups -OCH3 is 1. The van der Waals surface area contributed by atoms with Crippen molar-refractivity contribution in [2.24, 2.45) is 0 Å². The molecule has 0 saturated carbocycles. The molecule has 0 fully saturated rings. The molecule has 2 aromatic carbocycles. The molecular formula is C17H13ClOS. The lowest BCUT2D eigenvalue weighted by atomic mass is 10.0. The van der Waals surface area contributed by atoms with Crippen molar-refractivity contribution >= 4 is 22.9 Å². The fraction of sp³-hybridized carbons (Fsp3) is 0.0588. The van der Waals surface area contributed by atoms with E-state index in [1.165, 1.54) is 21.6 Å². The van der Waals surface area contributed by atoms with Crippen molar-refractivity contribution in [3.63, 3.8) is 0 Å². The van der Waals surface area contributed by atoms with Gasteiger partial charge in [-0.25, -0.2) is 0 Å². The Hall–Kier alpha value is -1.77. The summed E-state index contributed by atoms with van der Waals surface area (Å²) in [5.74, 6) is 0.874. The maximum atomic E-state index is 5.97. The van der Waals surface area contributed by atoms with Gasteiger partial charge in [-0.05, 0) is 41.0 Å². The van der Waals surface area contributed by atoms with Crippen molar-refractivity contribution in [3.05, 3.63) is 65.0 Å². The Kier molecular flexibility index (Phi) is 3.77. The molecule has 0 spiro atoms. The molecule has 0 amide bonds. The van der Waals surface area contributed by atoms with Gasteiger partial charge in [0.1, 0.15) is 5.75 Å². The number of hydrogen-bond acceptors (Lipinski definition) is 2. The van der Waals surface area contributed by atoms with Crippen LogP contribution < -0.4 is 4.74 Å². The first-order valence-electron chi connectivity index (χ1n) is 6.26. The molecule has 3 heteroatoms. The molecule has 3 aromatic rings. The molecule has 1 aromatic heterocycles. The molecule has 0 unspecified atom stereocenters. The zero-order valence-corrected chi connectivity index (χ0v) is 12.5. The van der Waals surface area contributed by atoms with Crippen LogP contribution in [0.25, 0.3) is 21.6 Å². The molecule has 0 bridgehead atoms. The van der Waals surface area contributed by atoms with Gasteiger partial charge in [-0.15, -0.1) is 11.3 Å². The first-order chi connectivity index (χ1) is 9.76. The summed E-state index contributed by atoms with van der Waals surface area (Å²) in [6.45, 7) is 0. The summed E-state index contributed by atoms with van der Waals surface area (Å²) >= 11 is 7.57. The molecule has 0 aliphatic rings. The maximum absolute atomic E-state index is 5.97. The van der Waals surface area contributed by atoms with E-state index in [2.05, 4.69) is 42.5 Å². The van der Waals surface area contributed by atoms with Crippen LogP contribution in [0.2, 0.25) is 4.34 Å². The third-order valence-electron chi connectivity index (χ3n) is 3.17. The normalized spacial score (nSPS) is 10.5. The summed E-state index contributed by atoms with van der Waals surface area (Å²) in [7, 11) is 1.68. The number of benzene rings is 2. The van der Waals surface area contributed by atoms with Gasteiger partial charge in [0, 0.05) is 4.88 Å². The van der Waals surface area contributed by atoms with Crippen LogP contribution in [0, 0.1) is 0 Å². The minimum atomic E-state index is 0.819. The van der Waals surface area contributed by atoms with Gasteiger partial charge in [0.2, 0.25) is 0 Å². The van der Waals surface area contributed by atoms with Crippen molar-refractivity contribution in [3.8, 4) is 27.3 Å². The third kappa shape index (κ3) is 2.72. The standard InChI is InChI=1S/C17H13ClOS/c1-19-15-8-6-13(7-9-15)12-2-4-14(5-3-12)16-10-11-17(18)20-16/h2-11H,1H3. The molecule has 20 heavy (non-hydrogen) atoms. The molecular weight excluding hydrogens is 288 g/mol. The Labute approximate surface area is 127 Å². The van der Waals surface area contributed by atoms with Gasteiger partial charge in [0.05, 0.1) is 11.4 Å². The lowest BCUT2D eigenvalue weighted by Gasteiger charge is -2.05. The van der Waals surface area contributed by atoms with Gasteiger partial charge in [0.25, 0.3) is 0 Å². The molecule has 0 aliphatic carbocycles. The van der Waals surface area contributed by atoms with Crippen molar-refractivity contribution < 1.29 is 4.74 Å². The highest BCUT2D eigenvalue weighted by atomic mass is 35.5. The van der Waals surface area contributed by atoms with Crippen LogP contribution in [-0.4, -0.2) is 7.11 Å². The maximum Gasteiger partial charge on any atom is 0.118 e. The van der Waals surface area contributed by atoms with E-state index in [0.29, 0.717) is 0 Å². The molecule has 1 nitrogen and oxygen atoms in total. The first-order valence-corrected chi connectivity index (χ1v) is 7.46. The molecule has 3 rings (SSSR count). The number of halogens is 1. The van der Waals surface area contributed by atoms with E-state index in [1.807, 2.05) is 18.2 Å². The molecule has 0 atom stereocenters. The summed E-state index contributed by atoms with van der Waals surface area (Å²) in [6.07, 6.45) is 0. The van der Waals surface area contributed by atoms with Crippen molar-refractivity contribution in [2.75, 3.05) is 7.11 Å². The second kappa shape index (κ2) is 5.70. The molecule has 1 heterocycles. The highest BCUT2D eigenvalue weighted by Crippen LogP contribution is 2.32. The number of ether oxygens (including phenoxy) is 1. The second-order valence-electron chi connectivity index (χ2n) is 4.41. The second-order valence-corrected chi connectivity index (χ2v) is 6.12. The topological polar surface area (TPSA) is 9.23 Å². The van der Waals surface area contributed by atoms with Crippen molar-refractivity contribution in [1.29, 1.82) is 0 Å². The molecule has 0 N–H and O–H groups in total. The molecule has 0 radical (unpaired) electrons. The summed E-state index contributed by atoms with van der Waals surface area (Å²) in [5.41, 5.74) is 3.57. The van der Waals surface area contributed by atoms with Gasteiger partial charge in [-0.2, -0.15) is 0 Å². The average Bonchev–Trinajstić information content (AvgIpc) is 2.94. The Bertz CT molecular complexity index is 699. The summed E-state index contributed by atoms with van der Waals surface area (Å²) in [6, 6.07) is 20.6. The highest BCUT2D eigenvalue weighted by molar-refractivity contribution is 7.19. The van der Waals surface area contributed by atoms with E-state index >= 15 is 0 Å². The fourth-order valence-electron chi connectivity index (χ4n) is 2.08. The molecule has 100 valence electrons. The van der Waals surface area contributed by atoms with Gasteiger partial charge < -0.3 is 4.74 Å². The predicted molar refractivity (Wildman–Crippen MR) is 86.8 cm³/mol. The summed E-state index contributed by atoms with van der Waals surface area (Å²) in [4.78, 5) is 1.19. The van der Waals surface area contributed by atoms with Crippen LogP contribution in [0.15, 0.2) is 60.7 Å². The SMILES string of the molecule is COc1ccc(-c2ccc(-c3ccc(Cl)s3)cc2)cc1. The summed E-state index contributed by atoms with van der Waals surface area (Å²) in [5, 5.41) is 0. The van der Waals surface area contributed by atoms with Crippen LogP contribution in [0.4, 0.5) is 0 Å². The Morgan fingerprint density at radius 2 is 1.30 bits per heavy atom. The van der Waals surface area contributed by atoms with E-state index in [9.17, 15) is 0 Å². The Morgan fingerprint density at radius 3 is 1.80 bits per heavy atom. The monoisotopic (exact) mass is 300 g/mol. The van der Waals surface area contributed by atoms with E-state index in [4.69, 9.17) is 16.3 Å². The van der Waals surface area contributed by atoms with Gasteiger partial charge in [-0.1, -0.05) is 48.0 Å². The van der Waals surface area contributed by atoms with E-state index in [0.717, 1.165) is 10.1 Å². The van der Waals surface area contributed by atoms with Gasteiger partial charge in [-0.3, -0.25) is 0 Å². The van der Waals surface area contributed by atoms with Gasteiger partial charge in [0.15, 0.2) is 0 Å². The largest absolute Gasteiger partial charge is 0.497 e. The lowest BCUT2D eigenvalue weighted by Crippen LogP contribution is -1.82. The van der Waals surface area contributed by atoms with Crippen LogP contribution >= 0.6 is 22.9 Å². The van der Waals surface area contributed by atoms with Gasteiger partial charge >= 0.3 is 0 Å². The number of hydrogen-bond donors (Lipinski definition) is 0.